The summed E-state index contributed by atoms with van der Waals surface area (Å²) in [5, 5.41) is 0. The molecule has 22 heavy (non-hydrogen) atoms. The molecule has 0 saturated heterocycles. The van der Waals surface area contributed by atoms with Crippen molar-refractivity contribution in [3.05, 3.63) is 71.8 Å². The monoisotopic (exact) mass is 293 g/mol. The SMILES string of the molecule is CC1(C)CCC[C@@H]1N(Cc1ccccc1)Cc1ccccc1. The first kappa shape index (κ1) is 15.3. The summed E-state index contributed by atoms with van der Waals surface area (Å²) in [5.74, 6) is 0. The van der Waals surface area contributed by atoms with Gasteiger partial charge in [0, 0.05) is 19.1 Å². The van der Waals surface area contributed by atoms with E-state index in [1.54, 1.807) is 0 Å². The van der Waals surface area contributed by atoms with E-state index < -0.39 is 0 Å². The Hall–Kier alpha value is -1.60. The molecule has 0 N–H and O–H groups in total. The Morgan fingerprint density at radius 2 is 1.36 bits per heavy atom. The minimum Gasteiger partial charge on any atom is -0.291 e. The summed E-state index contributed by atoms with van der Waals surface area (Å²) in [6.07, 6.45) is 4.03. The first-order valence-corrected chi connectivity index (χ1v) is 8.47. The molecule has 116 valence electrons. The van der Waals surface area contributed by atoms with E-state index in [0.717, 1.165) is 13.1 Å². The normalized spacial score (nSPS) is 20.4. The van der Waals surface area contributed by atoms with Crippen molar-refractivity contribution in [2.24, 2.45) is 5.41 Å². The van der Waals surface area contributed by atoms with Gasteiger partial charge in [-0.3, -0.25) is 4.90 Å². The lowest BCUT2D eigenvalue weighted by Crippen LogP contribution is -2.41. The number of benzene rings is 2. The van der Waals surface area contributed by atoms with Gasteiger partial charge in [0.05, 0.1) is 0 Å². The smallest absolute Gasteiger partial charge is 0.0240 e. The maximum absolute atomic E-state index is 2.69. The van der Waals surface area contributed by atoms with Crippen LogP contribution in [0.4, 0.5) is 0 Å². The van der Waals surface area contributed by atoms with Crippen molar-refractivity contribution in [3.63, 3.8) is 0 Å². The molecule has 1 saturated carbocycles. The van der Waals surface area contributed by atoms with Crippen LogP contribution in [0, 0.1) is 5.41 Å². The molecule has 0 heterocycles. The van der Waals surface area contributed by atoms with Crippen LogP contribution in [-0.2, 0) is 13.1 Å². The number of nitrogens with zero attached hydrogens (tertiary/aromatic N) is 1. The first-order valence-electron chi connectivity index (χ1n) is 8.47. The summed E-state index contributed by atoms with van der Waals surface area (Å²) in [4.78, 5) is 2.69. The number of hydrogen-bond donors (Lipinski definition) is 0. The zero-order valence-electron chi connectivity index (χ0n) is 13.8. The second kappa shape index (κ2) is 6.66. The molecule has 1 aliphatic rings. The van der Waals surface area contributed by atoms with E-state index in [4.69, 9.17) is 0 Å². The average Bonchev–Trinajstić information content (AvgIpc) is 2.88. The van der Waals surface area contributed by atoms with Crippen molar-refractivity contribution in [1.29, 1.82) is 0 Å². The molecule has 0 unspecified atom stereocenters. The zero-order chi connectivity index (χ0) is 15.4. The van der Waals surface area contributed by atoms with Crippen LogP contribution in [0.3, 0.4) is 0 Å². The fourth-order valence-electron chi connectivity index (χ4n) is 3.90. The Balaban J connectivity index is 1.82. The van der Waals surface area contributed by atoms with Gasteiger partial charge in [-0.25, -0.2) is 0 Å². The summed E-state index contributed by atoms with van der Waals surface area (Å²) >= 11 is 0. The maximum Gasteiger partial charge on any atom is 0.0240 e. The van der Waals surface area contributed by atoms with E-state index >= 15 is 0 Å². The molecule has 2 aromatic rings. The third kappa shape index (κ3) is 3.59. The summed E-state index contributed by atoms with van der Waals surface area (Å²) in [6, 6.07) is 22.5. The van der Waals surface area contributed by atoms with Crippen molar-refractivity contribution in [3.8, 4) is 0 Å². The molecule has 0 aliphatic heterocycles. The minimum absolute atomic E-state index is 0.420. The Morgan fingerprint density at radius 1 is 0.864 bits per heavy atom. The molecule has 3 rings (SSSR count). The molecule has 1 atom stereocenters. The van der Waals surface area contributed by atoms with Crippen LogP contribution in [-0.4, -0.2) is 10.9 Å². The molecule has 2 aromatic carbocycles. The number of hydrogen-bond acceptors (Lipinski definition) is 1. The molecular weight excluding hydrogens is 266 g/mol. The Morgan fingerprint density at radius 3 is 1.77 bits per heavy atom. The van der Waals surface area contributed by atoms with Crippen LogP contribution in [0.15, 0.2) is 60.7 Å². The highest BCUT2D eigenvalue weighted by atomic mass is 15.2. The predicted octanol–water partition coefficient (Wildman–Crippen LogP) is 5.27. The predicted molar refractivity (Wildman–Crippen MR) is 93.6 cm³/mol. The fourth-order valence-corrected chi connectivity index (χ4v) is 3.90. The quantitative estimate of drug-likeness (QED) is 0.726. The molecule has 1 heteroatoms. The Bertz CT molecular complexity index is 532. The Labute approximate surface area is 135 Å². The largest absolute Gasteiger partial charge is 0.291 e. The van der Waals surface area contributed by atoms with Crippen LogP contribution < -0.4 is 0 Å². The third-order valence-electron chi connectivity index (χ3n) is 5.10. The first-order chi connectivity index (χ1) is 10.6. The van der Waals surface area contributed by atoms with Gasteiger partial charge in [-0.05, 0) is 29.4 Å². The second-order valence-electron chi connectivity index (χ2n) is 7.27. The van der Waals surface area contributed by atoms with Crippen LogP contribution >= 0.6 is 0 Å². The molecular formula is C21H27N. The van der Waals surface area contributed by atoms with Gasteiger partial charge >= 0.3 is 0 Å². The number of rotatable bonds is 5. The van der Waals surface area contributed by atoms with Gasteiger partial charge in [0.2, 0.25) is 0 Å². The highest BCUT2D eigenvalue weighted by Gasteiger charge is 2.38. The minimum atomic E-state index is 0.420. The molecule has 1 nitrogen and oxygen atoms in total. The van der Waals surface area contributed by atoms with Crippen molar-refractivity contribution in [1.82, 2.24) is 4.90 Å². The molecule has 1 aliphatic carbocycles. The van der Waals surface area contributed by atoms with Gasteiger partial charge in [0.15, 0.2) is 0 Å². The van der Waals surface area contributed by atoms with E-state index in [1.807, 2.05) is 0 Å². The van der Waals surface area contributed by atoms with E-state index in [1.165, 1.54) is 30.4 Å². The lowest BCUT2D eigenvalue weighted by molar-refractivity contribution is 0.0979. The fraction of sp³-hybridized carbons (Fsp3) is 0.429. The highest BCUT2D eigenvalue weighted by Crippen LogP contribution is 2.41. The third-order valence-corrected chi connectivity index (χ3v) is 5.10. The van der Waals surface area contributed by atoms with Crippen LogP contribution in [0.25, 0.3) is 0 Å². The summed E-state index contributed by atoms with van der Waals surface area (Å²) in [5.41, 5.74) is 3.26. The Kier molecular flexibility index (Phi) is 4.63. The molecule has 0 aromatic heterocycles. The lowest BCUT2D eigenvalue weighted by atomic mass is 9.86. The summed E-state index contributed by atoms with van der Waals surface area (Å²) in [7, 11) is 0. The van der Waals surface area contributed by atoms with Crippen molar-refractivity contribution in [2.45, 2.75) is 52.2 Å². The maximum atomic E-state index is 2.69. The van der Waals surface area contributed by atoms with Gasteiger partial charge in [-0.2, -0.15) is 0 Å². The molecule has 0 radical (unpaired) electrons. The van der Waals surface area contributed by atoms with E-state index in [9.17, 15) is 0 Å². The van der Waals surface area contributed by atoms with Crippen LogP contribution in [0.5, 0.6) is 0 Å². The van der Waals surface area contributed by atoms with E-state index in [0.29, 0.717) is 11.5 Å². The standard InChI is InChI=1S/C21H27N/c1-21(2)15-9-14-20(21)22(16-18-10-5-3-6-11-18)17-19-12-7-4-8-13-19/h3-8,10-13,20H,9,14-17H2,1-2H3/t20-/m0/s1. The molecule has 0 spiro atoms. The van der Waals surface area contributed by atoms with Gasteiger partial charge in [0.1, 0.15) is 0 Å². The van der Waals surface area contributed by atoms with E-state index in [2.05, 4.69) is 79.4 Å². The zero-order valence-corrected chi connectivity index (χ0v) is 13.8. The highest BCUT2D eigenvalue weighted by molar-refractivity contribution is 5.18. The van der Waals surface area contributed by atoms with Crippen molar-refractivity contribution in [2.75, 3.05) is 0 Å². The second-order valence-corrected chi connectivity index (χ2v) is 7.27. The topological polar surface area (TPSA) is 3.24 Å². The van der Waals surface area contributed by atoms with Crippen molar-refractivity contribution < 1.29 is 0 Å². The van der Waals surface area contributed by atoms with Crippen molar-refractivity contribution >= 4 is 0 Å². The van der Waals surface area contributed by atoms with Crippen LogP contribution in [0.2, 0.25) is 0 Å². The summed E-state index contributed by atoms with van der Waals surface area (Å²) < 4.78 is 0. The lowest BCUT2D eigenvalue weighted by Gasteiger charge is -2.38. The molecule has 1 fully saturated rings. The van der Waals surface area contributed by atoms with Gasteiger partial charge in [-0.1, -0.05) is 80.9 Å². The van der Waals surface area contributed by atoms with Gasteiger partial charge < -0.3 is 0 Å². The average molecular weight is 293 g/mol. The molecule has 0 amide bonds. The van der Waals surface area contributed by atoms with Gasteiger partial charge in [0.25, 0.3) is 0 Å². The molecule has 0 bridgehead atoms. The van der Waals surface area contributed by atoms with Gasteiger partial charge in [-0.15, -0.1) is 0 Å². The summed E-state index contributed by atoms with van der Waals surface area (Å²) in [6.45, 7) is 6.97. The van der Waals surface area contributed by atoms with E-state index in [-0.39, 0.29) is 0 Å². The van der Waals surface area contributed by atoms with Crippen LogP contribution in [0.1, 0.15) is 44.2 Å².